The Morgan fingerprint density at radius 2 is 1.78 bits per heavy atom. The fraction of sp³-hybridized carbons (Fsp3) is 0.400. The first-order chi connectivity index (χ1) is 11.3. The summed E-state index contributed by atoms with van der Waals surface area (Å²) in [4.78, 5) is 16.9. The minimum absolute atomic E-state index is 0.102. The van der Waals surface area contributed by atoms with Crippen LogP contribution >= 0.6 is 0 Å². The zero-order chi connectivity index (χ0) is 15.9. The Morgan fingerprint density at radius 3 is 2.48 bits per heavy atom. The summed E-state index contributed by atoms with van der Waals surface area (Å²) >= 11 is 0. The number of hydrogen-bond acceptors (Lipinski definition) is 2. The van der Waals surface area contributed by atoms with Crippen LogP contribution in [0.4, 0.5) is 0 Å². The van der Waals surface area contributed by atoms with E-state index in [1.54, 1.807) is 0 Å². The topological polar surface area (TPSA) is 42.0 Å². The second-order valence-corrected chi connectivity index (χ2v) is 6.30. The van der Waals surface area contributed by atoms with Crippen LogP contribution in [0.15, 0.2) is 54.7 Å². The number of carbonyl (C=O) groups excluding carboxylic acids is 1. The van der Waals surface area contributed by atoms with Crippen molar-refractivity contribution in [3.05, 3.63) is 66.0 Å². The lowest BCUT2D eigenvalue weighted by molar-refractivity contribution is -0.125. The van der Waals surface area contributed by atoms with Gasteiger partial charge in [0.1, 0.15) is 0 Å². The van der Waals surface area contributed by atoms with E-state index in [4.69, 9.17) is 0 Å². The Kier molecular flexibility index (Phi) is 5.41. The molecule has 3 heteroatoms. The lowest BCUT2D eigenvalue weighted by atomic mass is 9.88. The molecule has 0 saturated heterocycles. The Balaban J connectivity index is 1.70. The van der Waals surface area contributed by atoms with Gasteiger partial charge in [-0.2, -0.15) is 0 Å². The van der Waals surface area contributed by atoms with E-state index in [9.17, 15) is 4.79 Å². The van der Waals surface area contributed by atoms with Crippen LogP contribution in [0.2, 0.25) is 0 Å². The van der Waals surface area contributed by atoms with E-state index in [-0.39, 0.29) is 17.7 Å². The minimum atomic E-state index is 0.102. The quantitative estimate of drug-likeness (QED) is 0.910. The Bertz CT molecular complexity index is 567. The van der Waals surface area contributed by atoms with Gasteiger partial charge in [0.15, 0.2) is 0 Å². The lowest BCUT2D eigenvalue weighted by Gasteiger charge is -2.23. The Hall–Kier alpha value is -2.16. The molecule has 1 N–H and O–H groups in total. The van der Waals surface area contributed by atoms with Crippen molar-refractivity contribution < 1.29 is 4.79 Å². The third-order valence-corrected chi connectivity index (χ3v) is 4.70. The maximum absolute atomic E-state index is 12.4. The molecule has 1 aromatic carbocycles. The molecule has 1 saturated carbocycles. The van der Waals surface area contributed by atoms with Gasteiger partial charge in [-0.15, -0.1) is 0 Å². The summed E-state index contributed by atoms with van der Waals surface area (Å²) in [6.07, 6.45) is 7.51. The molecule has 0 aliphatic heterocycles. The number of nitrogens with one attached hydrogen (secondary N) is 1. The molecule has 1 aromatic heterocycles. The minimum Gasteiger partial charge on any atom is -0.355 e. The van der Waals surface area contributed by atoms with E-state index in [1.807, 2.05) is 42.6 Å². The van der Waals surface area contributed by atoms with Crippen LogP contribution in [0, 0.1) is 5.92 Å². The number of carbonyl (C=O) groups is 1. The number of amides is 1. The SMILES string of the molecule is O=C(NCC(c1ccccc1)c1ccccn1)C1CCCCC1. The Labute approximate surface area is 138 Å². The largest absolute Gasteiger partial charge is 0.355 e. The molecule has 120 valence electrons. The fourth-order valence-corrected chi connectivity index (χ4v) is 3.37. The van der Waals surface area contributed by atoms with Gasteiger partial charge in [-0.3, -0.25) is 9.78 Å². The van der Waals surface area contributed by atoms with Crippen molar-refractivity contribution in [3.63, 3.8) is 0 Å². The van der Waals surface area contributed by atoms with E-state index in [2.05, 4.69) is 22.4 Å². The summed E-state index contributed by atoms with van der Waals surface area (Å²) in [5, 5.41) is 3.17. The average molecular weight is 308 g/mol. The number of nitrogens with zero attached hydrogens (tertiary/aromatic N) is 1. The highest BCUT2D eigenvalue weighted by Gasteiger charge is 2.23. The summed E-state index contributed by atoms with van der Waals surface area (Å²) in [5.74, 6) is 0.510. The molecule has 0 radical (unpaired) electrons. The summed E-state index contributed by atoms with van der Waals surface area (Å²) in [7, 11) is 0. The molecule has 3 nitrogen and oxygen atoms in total. The van der Waals surface area contributed by atoms with Crippen LogP contribution in [0.25, 0.3) is 0 Å². The van der Waals surface area contributed by atoms with Crippen molar-refractivity contribution in [2.45, 2.75) is 38.0 Å². The number of rotatable bonds is 5. The zero-order valence-electron chi connectivity index (χ0n) is 13.4. The normalized spacial score (nSPS) is 16.7. The van der Waals surface area contributed by atoms with E-state index in [0.717, 1.165) is 18.5 Å². The van der Waals surface area contributed by atoms with Crippen LogP contribution in [0.3, 0.4) is 0 Å². The van der Waals surface area contributed by atoms with Gasteiger partial charge in [0, 0.05) is 30.3 Å². The van der Waals surface area contributed by atoms with Gasteiger partial charge < -0.3 is 5.32 Å². The average Bonchev–Trinajstić information content (AvgIpc) is 2.64. The lowest BCUT2D eigenvalue weighted by Crippen LogP contribution is -2.35. The van der Waals surface area contributed by atoms with Crippen LogP contribution in [-0.2, 0) is 4.79 Å². The molecule has 0 spiro atoms. The number of benzene rings is 1. The second-order valence-electron chi connectivity index (χ2n) is 6.30. The highest BCUT2D eigenvalue weighted by Crippen LogP contribution is 2.25. The molecule has 1 amide bonds. The molecule has 1 unspecified atom stereocenters. The van der Waals surface area contributed by atoms with E-state index >= 15 is 0 Å². The summed E-state index contributed by atoms with van der Waals surface area (Å²) in [6, 6.07) is 16.2. The van der Waals surface area contributed by atoms with Gasteiger partial charge in [0.05, 0.1) is 0 Å². The van der Waals surface area contributed by atoms with Gasteiger partial charge in [-0.25, -0.2) is 0 Å². The van der Waals surface area contributed by atoms with E-state index < -0.39 is 0 Å². The zero-order valence-corrected chi connectivity index (χ0v) is 13.4. The first kappa shape index (κ1) is 15.7. The molecule has 23 heavy (non-hydrogen) atoms. The first-order valence-electron chi connectivity index (χ1n) is 8.58. The fourth-order valence-electron chi connectivity index (χ4n) is 3.37. The highest BCUT2D eigenvalue weighted by atomic mass is 16.1. The predicted octanol–water partition coefficient (Wildman–Crippen LogP) is 3.91. The molecule has 1 atom stereocenters. The molecule has 1 fully saturated rings. The molecule has 3 rings (SSSR count). The maximum Gasteiger partial charge on any atom is 0.223 e. The van der Waals surface area contributed by atoms with Gasteiger partial charge in [0.2, 0.25) is 5.91 Å². The van der Waals surface area contributed by atoms with Gasteiger partial charge in [0.25, 0.3) is 0 Å². The highest BCUT2D eigenvalue weighted by molar-refractivity contribution is 5.78. The van der Waals surface area contributed by atoms with Crippen molar-refractivity contribution in [2.75, 3.05) is 6.54 Å². The third-order valence-electron chi connectivity index (χ3n) is 4.70. The summed E-state index contributed by atoms with van der Waals surface area (Å²) in [5.41, 5.74) is 2.19. The third kappa shape index (κ3) is 4.19. The molecule has 0 bridgehead atoms. The van der Waals surface area contributed by atoms with Crippen molar-refractivity contribution in [2.24, 2.45) is 5.92 Å². The number of pyridine rings is 1. The van der Waals surface area contributed by atoms with Gasteiger partial charge >= 0.3 is 0 Å². The van der Waals surface area contributed by atoms with Crippen molar-refractivity contribution >= 4 is 5.91 Å². The molecule has 2 aromatic rings. The molecule has 1 aliphatic rings. The van der Waals surface area contributed by atoms with E-state index in [0.29, 0.717) is 6.54 Å². The standard InChI is InChI=1S/C20H24N2O/c23-20(17-11-5-2-6-12-17)22-15-18(16-9-3-1-4-10-16)19-13-7-8-14-21-19/h1,3-4,7-10,13-14,17-18H,2,5-6,11-12,15H2,(H,22,23). The van der Waals surface area contributed by atoms with Crippen molar-refractivity contribution in [1.82, 2.24) is 10.3 Å². The van der Waals surface area contributed by atoms with Crippen LogP contribution in [0.5, 0.6) is 0 Å². The number of hydrogen-bond donors (Lipinski definition) is 1. The van der Waals surface area contributed by atoms with Crippen LogP contribution in [0.1, 0.15) is 49.3 Å². The van der Waals surface area contributed by atoms with Gasteiger partial charge in [-0.1, -0.05) is 55.7 Å². The van der Waals surface area contributed by atoms with Crippen LogP contribution in [-0.4, -0.2) is 17.4 Å². The predicted molar refractivity (Wildman–Crippen MR) is 92.1 cm³/mol. The van der Waals surface area contributed by atoms with Crippen molar-refractivity contribution in [1.29, 1.82) is 0 Å². The Morgan fingerprint density at radius 1 is 1.04 bits per heavy atom. The first-order valence-corrected chi connectivity index (χ1v) is 8.58. The summed E-state index contributed by atoms with van der Waals surface area (Å²) < 4.78 is 0. The second kappa shape index (κ2) is 7.91. The summed E-state index contributed by atoms with van der Waals surface area (Å²) in [6.45, 7) is 0.608. The maximum atomic E-state index is 12.4. The molecule has 1 aliphatic carbocycles. The molecular formula is C20H24N2O. The monoisotopic (exact) mass is 308 g/mol. The number of aromatic nitrogens is 1. The van der Waals surface area contributed by atoms with Crippen LogP contribution < -0.4 is 5.32 Å². The molecular weight excluding hydrogens is 284 g/mol. The van der Waals surface area contributed by atoms with Gasteiger partial charge in [-0.05, 0) is 30.5 Å². The van der Waals surface area contributed by atoms with E-state index in [1.165, 1.54) is 24.8 Å². The van der Waals surface area contributed by atoms with Crippen molar-refractivity contribution in [3.8, 4) is 0 Å². The smallest absolute Gasteiger partial charge is 0.223 e. The molecule has 1 heterocycles.